The molecule has 6 nitrogen and oxygen atoms in total. The zero-order valence-corrected chi connectivity index (χ0v) is 14.5. The molecule has 24 heavy (non-hydrogen) atoms. The smallest absolute Gasteiger partial charge is 0.235 e. The Morgan fingerprint density at radius 3 is 2.58 bits per heavy atom. The van der Waals surface area contributed by atoms with Crippen molar-refractivity contribution in [2.24, 2.45) is 0 Å². The Morgan fingerprint density at radius 2 is 1.83 bits per heavy atom. The molecule has 2 aromatic rings. The topological polar surface area (TPSA) is 62.2 Å². The number of hydrogen-bond donors (Lipinski definition) is 0. The van der Waals surface area contributed by atoms with Crippen LogP contribution in [0.15, 0.2) is 47.9 Å². The van der Waals surface area contributed by atoms with Gasteiger partial charge in [-0.15, -0.1) is 0 Å². The second kappa shape index (κ2) is 8.10. The lowest BCUT2D eigenvalue weighted by molar-refractivity contribution is -0.130. The van der Waals surface area contributed by atoms with Gasteiger partial charge < -0.3 is 9.80 Å². The summed E-state index contributed by atoms with van der Waals surface area (Å²) in [6, 6.07) is 7.57. The average Bonchev–Trinajstić information content (AvgIpc) is 2.89. The van der Waals surface area contributed by atoms with Gasteiger partial charge in [0.15, 0.2) is 0 Å². The van der Waals surface area contributed by atoms with Crippen LogP contribution in [0.1, 0.15) is 13.3 Å². The van der Waals surface area contributed by atoms with Crippen molar-refractivity contribution in [3.63, 3.8) is 0 Å². The molecule has 1 aliphatic heterocycles. The molecule has 3 heterocycles. The predicted octanol–water partition coefficient (Wildman–Crippen LogP) is 2.09. The standard InChI is InChI=1S/C17H21N5OS/c1-14(24-15-6-2-3-7-18-15)16(23)21-10-5-11-22(13-12-21)17-19-8-4-9-20-17/h2-4,6-9,14H,5,10-13H2,1H3. The number of anilines is 1. The van der Waals surface area contributed by atoms with E-state index in [1.165, 1.54) is 11.8 Å². The summed E-state index contributed by atoms with van der Waals surface area (Å²) in [6.07, 6.45) is 6.18. The molecular formula is C17H21N5OS. The summed E-state index contributed by atoms with van der Waals surface area (Å²) in [4.78, 5) is 29.7. The Kier molecular flexibility index (Phi) is 5.63. The summed E-state index contributed by atoms with van der Waals surface area (Å²) in [5, 5.41) is 0.743. The monoisotopic (exact) mass is 343 g/mol. The first-order valence-corrected chi connectivity index (χ1v) is 9.00. The molecule has 1 unspecified atom stereocenters. The first-order valence-electron chi connectivity index (χ1n) is 8.12. The van der Waals surface area contributed by atoms with Crippen molar-refractivity contribution in [1.82, 2.24) is 19.9 Å². The second-order valence-electron chi connectivity index (χ2n) is 5.64. The molecule has 1 saturated heterocycles. The molecule has 3 rings (SSSR count). The van der Waals surface area contributed by atoms with E-state index in [1.54, 1.807) is 18.6 Å². The number of hydrogen-bond acceptors (Lipinski definition) is 6. The highest BCUT2D eigenvalue weighted by Crippen LogP contribution is 2.22. The number of aromatic nitrogens is 3. The number of nitrogens with zero attached hydrogens (tertiary/aromatic N) is 5. The van der Waals surface area contributed by atoms with Gasteiger partial charge in [-0.1, -0.05) is 17.8 Å². The van der Waals surface area contributed by atoms with Crippen molar-refractivity contribution in [1.29, 1.82) is 0 Å². The lowest BCUT2D eigenvalue weighted by Crippen LogP contribution is -2.39. The highest BCUT2D eigenvalue weighted by molar-refractivity contribution is 8.00. The molecule has 126 valence electrons. The van der Waals surface area contributed by atoms with Gasteiger partial charge in [-0.05, 0) is 31.5 Å². The minimum absolute atomic E-state index is 0.139. The fourth-order valence-corrected chi connectivity index (χ4v) is 3.59. The van der Waals surface area contributed by atoms with Gasteiger partial charge in [0.1, 0.15) is 0 Å². The quantitative estimate of drug-likeness (QED) is 0.792. The fraction of sp³-hybridized carbons (Fsp3) is 0.412. The van der Waals surface area contributed by atoms with E-state index in [1.807, 2.05) is 36.1 Å². The van der Waals surface area contributed by atoms with Crippen LogP contribution < -0.4 is 4.90 Å². The molecule has 1 fully saturated rings. The molecule has 2 aromatic heterocycles. The summed E-state index contributed by atoms with van der Waals surface area (Å²) >= 11 is 1.51. The van der Waals surface area contributed by atoms with Crippen LogP contribution in [0.25, 0.3) is 0 Å². The van der Waals surface area contributed by atoms with Crippen molar-refractivity contribution >= 4 is 23.6 Å². The Morgan fingerprint density at radius 1 is 1.04 bits per heavy atom. The van der Waals surface area contributed by atoms with Crippen LogP contribution in [0.4, 0.5) is 5.95 Å². The largest absolute Gasteiger partial charge is 0.340 e. The van der Waals surface area contributed by atoms with Gasteiger partial charge in [-0.3, -0.25) is 4.79 Å². The molecule has 1 aliphatic rings. The molecule has 1 atom stereocenters. The van der Waals surface area contributed by atoms with Crippen LogP contribution in [0.3, 0.4) is 0 Å². The minimum Gasteiger partial charge on any atom is -0.340 e. The molecule has 0 spiro atoms. The zero-order chi connectivity index (χ0) is 16.8. The molecule has 1 amide bonds. The highest BCUT2D eigenvalue weighted by atomic mass is 32.2. The maximum absolute atomic E-state index is 12.7. The van der Waals surface area contributed by atoms with E-state index in [4.69, 9.17) is 0 Å². The van der Waals surface area contributed by atoms with Crippen LogP contribution in [0.5, 0.6) is 0 Å². The molecular weight excluding hydrogens is 322 g/mol. The van der Waals surface area contributed by atoms with Crippen LogP contribution in [0, 0.1) is 0 Å². The van der Waals surface area contributed by atoms with Gasteiger partial charge in [0.2, 0.25) is 11.9 Å². The van der Waals surface area contributed by atoms with E-state index < -0.39 is 0 Å². The molecule has 0 aromatic carbocycles. The number of carbonyl (C=O) groups is 1. The Hall–Kier alpha value is -2.15. The molecule has 0 aliphatic carbocycles. The molecule has 0 radical (unpaired) electrons. The van der Waals surface area contributed by atoms with E-state index >= 15 is 0 Å². The molecule has 0 saturated carbocycles. The normalized spacial score (nSPS) is 16.5. The number of carbonyl (C=O) groups excluding carboxylic acids is 1. The van der Waals surface area contributed by atoms with Gasteiger partial charge in [0.25, 0.3) is 0 Å². The van der Waals surface area contributed by atoms with Crippen molar-refractivity contribution in [2.45, 2.75) is 23.6 Å². The Bertz CT molecular complexity index is 655. The zero-order valence-electron chi connectivity index (χ0n) is 13.7. The second-order valence-corrected chi connectivity index (χ2v) is 7.00. The third-order valence-corrected chi connectivity index (χ3v) is 4.96. The van der Waals surface area contributed by atoms with Gasteiger partial charge in [0, 0.05) is 44.8 Å². The van der Waals surface area contributed by atoms with Crippen molar-refractivity contribution in [3.05, 3.63) is 42.9 Å². The summed E-state index contributed by atoms with van der Waals surface area (Å²) < 4.78 is 0. The summed E-state index contributed by atoms with van der Waals surface area (Å²) in [7, 11) is 0. The van der Waals surface area contributed by atoms with E-state index in [0.717, 1.165) is 37.0 Å². The van der Waals surface area contributed by atoms with Crippen molar-refractivity contribution in [2.75, 3.05) is 31.1 Å². The number of thioether (sulfide) groups is 1. The minimum atomic E-state index is -0.139. The first kappa shape index (κ1) is 16.7. The first-order chi connectivity index (χ1) is 11.7. The van der Waals surface area contributed by atoms with Crippen LogP contribution in [-0.2, 0) is 4.79 Å². The van der Waals surface area contributed by atoms with Gasteiger partial charge in [-0.2, -0.15) is 0 Å². The van der Waals surface area contributed by atoms with Crippen molar-refractivity contribution in [3.8, 4) is 0 Å². The lowest BCUT2D eigenvalue weighted by Gasteiger charge is -2.24. The van der Waals surface area contributed by atoms with E-state index in [2.05, 4.69) is 19.9 Å². The van der Waals surface area contributed by atoms with E-state index in [9.17, 15) is 4.79 Å². The highest BCUT2D eigenvalue weighted by Gasteiger charge is 2.24. The van der Waals surface area contributed by atoms with E-state index in [-0.39, 0.29) is 11.2 Å². The lowest BCUT2D eigenvalue weighted by atomic mass is 10.3. The van der Waals surface area contributed by atoms with Gasteiger partial charge in [0.05, 0.1) is 10.3 Å². The summed E-state index contributed by atoms with van der Waals surface area (Å²) in [5.41, 5.74) is 0. The van der Waals surface area contributed by atoms with Crippen LogP contribution in [-0.4, -0.2) is 57.2 Å². The predicted molar refractivity (Wildman–Crippen MR) is 95.0 cm³/mol. The van der Waals surface area contributed by atoms with Crippen LogP contribution >= 0.6 is 11.8 Å². The van der Waals surface area contributed by atoms with Gasteiger partial charge in [-0.25, -0.2) is 15.0 Å². The molecule has 0 bridgehead atoms. The maximum atomic E-state index is 12.7. The van der Waals surface area contributed by atoms with Gasteiger partial charge >= 0.3 is 0 Å². The number of rotatable bonds is 4. The third kappa shape index (κ3) is 4.23. The average molecular weight is 343 g/mol. The van der Waals surface area contributed by atoms with Crippen molar-refractivity contribution < 1.29 is 4.79 Å². The summed E-state index contributed by atoms with van der Waals surface area (Å²) in [6.45, 7) is 5.05. The summed E-state index contributed by atoms with van der Waals surface area (Å²) in [5.74, 6) is 0.907. The van der Waals surface area contributed by atoms with Crippen LogP contribution in [0.2, 0.25) is 0 Å². The number of amides is 1. The molecule has 7 heteroatoms. The van der Waals surface area contributed by atoms with E-state index in [0.29, 0.717) is 6.54 Å². The Balaban J connectivity index is 1.58. The fourth-order valence-electron chi connectivity index (χ4n) is 2.70. The molecule has 0 N–H and O–H groups in total. The maximum Gasteiger partial charge on any atom is 0.235 e. The SMILES string of the molecule is CC(Sc1ccccn1)C(=O)N1CCCN(c2ncccn2)CC1. The Labute approximate surface area is 146 Å². The number of pyridine rings is 1. The third-order valence-electron chi connectivity index (χ3n) is 3.93.